The molecule has 1 aliphatic heterocycles. The Hall–Kier alpha value is -1.48. The molecule has 1 aromatic carbocycles. The molecule has 3 rings (SSSR count). The van der Waals surface area contributed by atoms with Gasteiger partial charge >= 0.3 is 0 Å². The molecule has 0 atom stereocenters. The van der Waals surface area contributed by atoms with Crippen molar-refractivity contribution in [2.24, 2.45) is 5.92 Å². The lowest BCUT2D eigenvalue weighted by atomic mass is 9.83. The molecule has 1 N–H and O–H groups in total. The summed E-state index contributed by atoms with van der Waals surface area (Å²) in [7, 11) is 0. The summed E-state index contributed by atoms with van der Waals surface area (Å²) in [5.41, 5.74) is 2.25. The van der Waals surface area contributed by atoms with Crippen molar-refractivity contribution < 1.29 is 14.6 Å². The molecule has 1 aromatic rings. The number of hydrogen-bond acceptors (Lipinski definition) is 3. The molecule has 0 bridgehead atoms. The quantitative estimate of drug-likeness (QED) is 0.919. The fourth-order valence-electron chi connectivity index (χ4n) is 3.25. The maximum absolute atomic E-state index is 9.70. The predicted molar refractivity (Wildman–Crippen MR) is 83.7 cm³/mol. The van der Waals surface area contributed by atoms with Gasteiger partial charge in [-0.1, -0.05) is 31.4 Å². The van der Waals surface area contributed by atoms with Crippen molar-refractivity contribution in [2.75, 3.05) is 19.8 Å². The van der Waals surface area contributed by atoms with Crippen molar-refractivity contribution in [1.82, 2.24) is 0 Å². The highest BCUT2D eigenvalue weighted by Crippen LogP contribution is 2.33. The zero-order valence-corrected chi connectivity index (χ0v) is 12.5. The van der Waals surface area contributed by atoms with Gasteiger partial charge in [-0.25, -0.2) is 0 Å². The molecule has 0 saturated heterocycles. The number of aliphatic hydroxyl groups excluding tert-OH is 1. The largest absolute Gasteiger partial charge is 0.490 e. The molecule has 1 fully saturated rings. The summed E-state index contributed by atoms with van der Waals surface area (Å²) in [6, 6.07) is 6.05. The van der Waals surface area contributed by atoms with Crippen LogP contribution in [0.25, 0.3) is 6.08 Å². The van der Waals surface area contributed by atoms with Gasteiger partial charge in [0.2, 0.25) is 0 Å². The smallest absolute Gasteiger partial charge is 0.161 e. The fraction of sp³-hybridized carbons (Fsp3) is 0.556. The second kappa shape index (κ2) is 6.99. The van der Waals surface area contributed by atoms with Gasteiger partial charge in [-0.15, -0.1) is 0 Å². The number of benzene rings is 1. The first-order valence-electron chi connectivity index (χ1n) is 8.08. The highest BCUT2D eigenvalue weighted by atomic mass is 16.5. The molecule has 0 amide bonds. The molecule has 3 heteroatoms. The first kappa shape index (κ1) is 14.5. The highest BCUT2D eigenvalue weighted by Gasteiger charge is 2.17. The first-order valence-corrected chi connectivity index (χ1v) is 8.08. The van der Waals surface area contributed by atoms with E-state index in [1.165, 1.54) is 32.1 Å². The molecule has 3 nitrogen and oxygen atoms in total. The third kappa shape index (κ3) is 3.59. The maximum Gasteiger partial charge on any atom is 0.161 e. The number of rotatable bonds is 3. The summed E-state index contributed by atoms with van der Waals surface area (Å²) in [5.74, 6) is 2.19. The zero-order chi connectivity index (χ0) is 14.5. The lowest BCUT2D eigenvalue weighted by Gasteiger charge is -2.23. The van der Waals surface area contributed by atoms with Crippen molar-refractivity contribution >= 4 is 6.08 Å². The van der Waals surface area contributed by atoms with Gasteiger partial charge in [0.15, 0.2) is 11.5 Å². The summed E-state index contributed by atoms with van der Waals surface area (Å²) >= 11 is 0. The summed E-state index contributed by atoms with van der Waals surface area (Å²) in [6.45, 7) is 1.57. The molecule has 2 aliphatic rings. The minimum atomic E-state index is 0.152. The van der Waals surface area contributed by atoms with Gasteiger partial charge in [-0.2, -0.15) is 0 Å². The Morgan fingerprint density at radius 1 is 1.05 bits per heavy atom. The van der Waals surface area contributed by atoms with E-state index in [0.29, 0.717) is 19.1 Å². The number of fused-ring (bicyclic) bond motifs is 1. The summed E-state index contributed by atoms with van der Waals surface area (Å²) in [6.07, 6.45) is 9.35. The molecule has 1 heterocycles. The Morgan fingerprint density at radius 3 is 2.57 bits per heavy atom. The Morgan fingerprint density at radius 2 is 1.81 bits per heavy atom. The fourth-order valence-corrected chi connectivity index (χ4v) is 3.25. The third-order valence-corrected chi connectivity index (χ3v) is 4.44. The van der Waals surface area contributed by atoms with Gasteiger partial charge in [0.1, 0.15) is 0 Å². The van der Waals surface area contributed by atoms with Gasteiger partial charge in [0, 0.05) is 6.42 Å². The van der Waals surface area contributed by atoms with E-state index in [1.54, 1.807) is 0 Å². The first-order chi connectivity index (χ1) is 10.4. The Kier molecular flexibility index (Phi) is 4.81. The van der Waals surface area contributed by atoms with E-state index in [1.807, 2.05) is 18.2 Å². The number of hydrogen-bond donors (Lipinski definition) is 1. The normalized spacial score (nSPS) is 20.1. The molecule has 1 saturated carbocycles. The standard InChI is InChI=1S/C18H24O3/c19-13-16(15-5-2-1-3-6-15)11-14-7-8-17-18(12-14)21-10-4-9-20-17/h7-8,11-12,15,19H,1-6,9-10,13H2/b16-11-. The van der Waals surface area contributed by atoms with Crippen LogP contribution in [0.3, 0.4) is 0 Å². The van der Waals surface area contributed by atoms with Crippen LogP contribution < -0.4 is 9.47 Å². The Labute approximate surface area is 126 Å². The van der Waals surface area contributed by atoms with E-state index in [-0.39, 0.29) is 6.61 Å². The van der Waals surface area contributed by atoms with Crippen LogP contribution >= 0.6 is 0 Å². The van der Waals surface area contributed by atoms with E-state index >= 15 is 0 Å². The monoisotopic (exact) mass is 288 g/mol. The number of aliphatic hydroxyl groups is 1. The van der Waals surface area contributed by atoms with Crippen molar-refractivity contribution in [3.05, 3.63) is 29.3 Å². The van der Waals surface area contributed by atoms with E-state index in [2.05, 4.69) is 6.08 Å². The minimum absolute atomic E-state index is 0.152. The minimum Gasteiger partial charge on any atom is -0.490 e. The Balaban J connectivity index is 1.81. The van der Waals surface area contributed by atoms with Crippen molar-refractivity contribution in [3.63, 3.8) is 0 Å². The van der Waals surface area contributed by atoms with E-state index in [0.717, 1.165) is 29.1 Å². The third-order valence-electron chi connectivity index (χ3n) is 4.44. The van der Waals surface area contributed by atoms with Crippen LogP contribution in [0, 0.1) is 5.92 Å². The van der Waals surface area contributed by atoms with Crippen molar-refractivity contribution in [2.45, 2.75) is 38.5 Å². The van der Waals surface area contributed by atoms with Crippen LogP contribution in [-0.2, 0) is 0 Å². The molecule has 0 aromatic heterocycles. The predicted octanol–water partition coefficient (Wildman–Crippen LogP) is 3.80. The molecule has 1 aliphatic carbocycles. The summed E-state index contributed by atoms with van der Waals surface area (Å²) < 4.78 is 11.4. The molecule has 21 heavy (non-hydrogen) atoms. The summed E-state index contributed by atoms with van der Waals surface area (Å²) in [4.78, 5) is 0. The average Bonchev–Trinajstić information content (AvgIpc) is 2.78. The molecule has 114 valence electrons. The molecular weight excluding hydrogens is 264 g/mol. The van der Waals surface area contributed by atoms with Crippen molar-refractivity contribution in [3.8, 4) is 11.5 Å². The van der Waals surface area contributed by atoms with Crippen LogP contribution in [0.2, 0.25) is 0 Å². The average molecular weight is 288 g/mol. The lowest BCUT2D eigenvalue weighted by molar-refractivity contribution is 0.295. The van der Waals surface area contributed by atoms with Crippen LogP contribution in [0.1, 0.15) is 44.1 Å². The summed E-state index contributed by atoms with van der Waals surface area (Å²) in [5, 5.41) is 9.70. The van der Waals surface area contributed by atoms with Crippen LogP contribution in [0.15, 0.2) is 23.8 Å². The lowest BCUT2D eigenvalue weighted by Crippen LogP contribution is -2.11. The number of ether oxygens (including phenoxy) is 2. The molecule has 0 radical (unpaired) electrons. The van der Waals surface area contributed by atoms with Crippen LogP contribution in [-0.4, -0.2) is 24.9 Å². The second-order valence-corrected chi connectivity index (χ2v) is 5.97. The maximum atomic E-state index is 9.70. The van der Waals surface area contributed by atoms with E-state index in [9.17, 15) is 5.11 Å². The van der Waals surface area contributed by atoms with Crippen molar-refractivity contribution in [1.29, 1.82) is 0 Å². The van der Waals surface area contributed by atoms with Gasteiger partial charge in [0.05, 0.1) is 19.8 Å². The Bertz CT molecular complexity index is 501. The van der Waals surface area contributed by atoms with Gasteiger partial charge in [-0.3, -0.25) is 0 Å². The van der Waals surface area contributed by atoms with Gasteiger partial charge < -0.3 is 14.6 Å². The molecule has 0 spiro atoms. The van der Waals surface area contributed by atoms with Gasteiger partial charge in [0.25, 0.3) is 0 Å². The highest BCUT2D eigenvalue weighted by molar-refractivity contribution is 5.58. The molecule has 0 unspecified atom stereocenters. The van der Waals surface area contributed by atoms with Gasteiger partial charge in [-0.05, 0) is 42.0 Å². The SMILES string of the molecule is OC/C(=C/c1ccc2c(c1)OCCCO2)C1CCCCC1. The van der Waals surface area contributed by atoms with Crippen LogP contribution in [0.5, 0.6) is 11.5 Å². The van der Waals surface area contributed by atoms with E-state index < -0.39 is 0 Å². The molecular formula is C18H24O3. The topological polar surface area (TPSA) is 38.7 Å². The van der Waals surface area contributed by atoms with Crippen LogP contribution in [0.4, 0.5) is 0 Å². The van der Waals surface area contributed by atoms with E-state index in [4.69, 9.17) is 9.47 Å². The second-order valence-electron chi connectivity index (χ2n) is 5.97. The zero-order valence-electron chi connectivity index (χ0n) is 12.5.